The smallest absolute Gasteiger partial charge is 0.126 e. The van der Waals surface area contributed by atoms with Gasteiger partial charge in [-0.25, -0.2) is 4.39 Å². The third-order valence-corrected chi connectivity index (χ3v) is 4.60. The van der Waals surface area contributed by atoms with Crippen molar-refractivity contribution in [2.24, 2.45) is 0 Å². The maximum atomic E-state index is 13.7. The number of halogens is 1. The Hall–Kier alpha value is -1.19. The van der Waals surface area contributed by atoms with E-state index >= 15 is 0 Å². The summed E-state index contributed by atoms with van der Waals surface area (Å²) in [5.74, 6) is -0.108. The fourth-order valence-corrected chi connectivity index (χ4v) is 3.21. The van der Waals surface area contributed by atoms with Crippen molar-refractivity contribution < 1.29 is 4.39 Å². The molecule has 0 radical (unpaired) electrons. The number of likely N-dealkylation sites (N-methyl/N-ethyl adjacent to an activating group) is 1. The molecule has 0 saturated heterocycles. The van der Waals surface area contributed by atoms with Crippen LogP contribution in [0.1, 0.15) is 22.2 Å². The molecule has 3 heteroatoms. The SMILES string of the molecule is CCc1ccc(CC(Cc2ccccc2F)NC)s1. The first-order valence-electron chi connectivity index (χ1n) is 6.71. The predicted molar refractivity (Wildman–Crippen MR) is 80.4 cm³/mol. The lowest BCUT2D eigenvalue weighted by atomic mass is 10.0. The summed E-state index contributed by atoms with van der Waals surface area (Å²) in [5, 5.41) is 3.29. The van der Waals surface area contributed by atoms with Crippen molar-refractivity contribution in [1.29, 1.82) is 0 Å². The molecule has 19 heavy (non-hydrogen) atoms. The molecule has 0 saturated carbocycles. The minimum Gasteiger partial charge on any atom is -0.316 e. The summed E-state index contributed by atoms with van der Waals surface area (Å²) in [4.78, 5) is 2.78. The molecular weight excluding hydrogens is 257 g/mol. The Bertz CT molecular complexity index is 521. The molecule has 0 amide bonds. The highest BCUT2D eigenvalue weighted by molar-refractivity contribution is 7.11. The van der Waals surface area contributed by atoms with Crippen molar-refractivity contribution in [2.75, 3.05) is 7.05 Å². The zero-order chi connectivity index (χ0) is 13.7. The summed E-state index contributed by atoms with van der Waals surface area (Å²) in [7, 11) is 1.94. The quantitative estimate of drug-likeness (QED) is 0.846. The zero-order valence-electron chi connectivity index (χ0n) is 11.4. The lowest BCUT2D eigenvalue weighted by molar-refractivity contribution is 0.535. The van der Waals surface area contributed by atoms with E-state index in [1.807, 2.05) is 30.5 Å². The van der Waals surface area contributed by atoms with Gasteiger partial charge in [0.15, 0.2) is 0 Å². The molecule has 0 fully saturated rings. The second-order valence-electron chi connectivity index (χ2n) is 4.71. The minimum atomic E-state index is -0.108. The van der Waals surface area contributed by atoms with Crippen LogP contribution in [0, 0.1) is 5.82 Å². The van der Waals surface area contributed by atoms with E-state index in [-0.39, 0.29) is 11.9 Å². The van der Waals surface area contributed by atoms with Crippen molar-refractivity contribution in [3.8, 4) is 0 Å². The van der Waals surface area contributed by atoms with Crippen molar-refractivity contribution >= 4 is 11.3 Å². The van der Waals surface area contributed by atoms with Gasteiger partial charge in [-0.1, -0.05) is 25.1 Å². The first-order chi connectivity index (χ1) is 9.22. The summed E-state index contributed by atoms with van der Waals surface area (Å²) in [6.45, 7) is 2.17. The van der Waals surface area contributed by atoms with Crippen LogP contribution in [-0.2, 0) is 19.3 Å². The van der Waals surface area contributed by atoms with Crippen LogP contribution in [0.3, 0.4) is 0 Å². The number of nitrogens with one attached hydrogen (secondary N) is 1. The molecule has 1 atom stereocenters. The molecule has 1 aromatic heterocycles. The molecular formula is C16H20FNS. The van der Waals surface area contributed by atoms with Gasteiger partial charge in [-0.2, -0.15) is 0 Å². The fraction of sp³-hybridized carbons (Fsp3) is 0.375. The Morgan fingerprint density at radius 1 is 1.11 bits per heavy atom. The van der Waals surface area contributed by atoms with Crippen molar-refractivity contribution in [3.05, 3.63) is 57.5 Å². The molecule has 0 spiro atoms. The van der Waals surface area contributed by atoms with E-state index in [2.05, 4.69) is 24.4 Å². The Kier molecular flexibility index (Phi) is 5.11. The van der Waals surface area contributed by atoms with Crippen LogP contribution in [0.5, 0.6) is 0 Å². The summed E-state index contributed by atoms with van der Waals surface area (Å²) in [5.41, 5.74) is 0.786. The van der Waals surface area contributed by atoms with Crippen LogP contribution < -0.4 is 5.32 Å². The van der Waals surface area contributed by atoms with Gasteiger partial charge in [0.2, 0.25) is 0 Å². The third kappa shape index (κ3) is 3.88. The molecule has 0 aliphatic carbocycles. The molecule has 2 rings (SSSR count). The van der Waals surface area contributed by atoms with Gasteiger partial charge in [0, 0.05) is 15.8 Å². The second-order valence-corrected chi connectivity index (χ2v) is 5.96. The van der Waals surface area contributed by atoms with Crippen molar-refractivity contribution in [3.63, 3.8) is 0 Å². The molecule has 0 bridgehead atoms. The average molecular weight is 277 g/mol. The van der Waals surface area contributed by atoms with Gasteiger partial charge in [-0.05, 0) is 50.1 Å². The van der Waals surface area contributed by atoms with E-state index in [1.54, 1.807) is 6.07 Å². The fourth-order valence-electron chi connectivity index (χ4n) is 2.17. The number of hydrogen-bond donors (Lipinski definition) is 1. The number of thiophene rings is 1. The Labute approximate surface area is 118 Å². The van der Waals surface area contributed by atoms with Crippen LogP contribution in [0.15, 0.2) is 36.4 Å². The van der Waals surface area contributed by atoms with Gasteiger partial charge < -0.3 is 5.32 Å². The number of hydrogen-bond acceptors (Lipinski definition) is 2. The molecule has 1 heterocycles. The lowest BCUT2D eigenvalue weighted by Gasteiger charge is -2.15. The molecule has 1 nitrogen and oxygen atoms in total. The summed E-state index contributed by atoms with van der Waals surface area (Å²) < 4.78 is 13.7. The minimum absolute atomic E-state index is 0.108. The van der Waals surface area contributed by atoms with Gasteiger partial charge in [-0.3, -0.25) is 0 Å². The van der Waals surface area contributed by atoms with Crippen LogP contribution in [-0.4, -0.2) is 13.1 Å². The summed E-state index contributed by atoms with van der Waals surface area (Å²) in [6.07, 6.45) is 2.76. The maximum Gasteiger partial charge on any atom is 0.126 e. The standard InChI is InChI=1S/C16H20FNS/c1-3-14-8-9-15(19-14)11-13(18-2)10-12-6-4-5-7-16(12)17/h4-9,13,18H,3,10-11H2,1-2H3. The first-order valence-corrected chi connectivity index (χ1v) is 7.52. The Balaban J connectivity index is 2.02. The number of rotatable bonds is 6. The largest absolute Gasteiger partial charge is 0.316 e. The molecule has 1 unspecified atom stereocenters. The maximum absolute atomic E-state index is 13.7. The topological polar surface area (TPSA) is 12.0 Å². The van der Waals surface area contributed by atoms with E-state index in [0.29, 0.717) is 0 Å². The van der Waals surface area contributed by atoms with Crippen LogP contribution in [0.25, 0.3) is 0 Å². The van der Waals surface area contributed by atoms with Gasteiger partial charge in [0.1, 0.15) is 5.82 Å². The van der Waals surface area contributed by atoms with E-state index < -0.39 is 0 Å². The van der Waals surface area contributed by atoms with Gasteiger partial charge in [0.25, 0.3) is 0 Å². The zero-order valence-corrected chi connectivity index (χ0v) is 12.3. The third-order valence-electron chi connectivity index (χ3n) is 3.35. The van der Waals surface area contributed by atoms with E-state index in [1.165, 1.54) is 15.8 Å². The summed E-state index contributed by atoms with van der Waals surface area (Å²) in [6, 6.07) is 11.7. The van der Waals surface area contributed by atoms with Gasteiger partial charge in [0.05, 0.1) is 0 Å². The highest BCUT2D eigenvalue weighted by atomic mass is 32.1. The highest BCUT2D eigenvalue weighted by Gasteiger charge is 2.12. The molecule has 1 aromatic carbocycles. The van der Waals surface area contributed by atoms with E-state index in [4.69, 9.17) is 0 Å². The first kappa shape index (κ1) is 14.2. The second kappa shape index (κ2) is 6.83. The highest BCUT2D eigenvalue weighted by Crippen LogP contribution is 2.20. The van der Waals surface area contributed by atoms with Gasteiger partial charge in [-0.15, -0.1) is 11.3 Å². The van der Waals surface area contributed by atoms with Crippen LogP contribution in [0.4, 0.5) is 4.39 Å². The van der Waals surface area contributed by atoms with Crippen molar-refractivity contribution in [2.45, 2.75) is 32.2 Å². The summed E-state index contributed by atoms with van der Waals surface area (Å²) >= 11 is 1.86. The normalized spacial score (nSPS) is 12.6. The van der Waals surface area contributed by atoms with Crippen LogP contribution >= 0.6 is 11.3 Å². The van der Waals surface area contributed by atoms with Gasteiger partial charge >= 0.3 is 0 Å². The molecule has 2 aromatic rings. The van der Waals surface area contributed by atoms with E-state index in [0.717, 1.165) is 24.8 Å². The average Bonchev–Trinajstić information content (AvgIpc) is 2.88. The predicted octanol–water partition coefficient (Wildman–Crippen LogP) is 3.82. The molecule has 1 N–H and O–H groups in total. The Morgan fingerprint density at radius 2 is 1.84 bits per heavy atom. The number of benzene rings is 1. The molecule has 102 valence electrons. The monoisotopic (exact) mass is 277 g/mol. The van der Waals surface area contributed by atoms with Crippen LogP contribution in [0.2, 0.25) is 0 Å². The van der Waals surface area contributed by atoms with Crippen molar-refractivity contribution in [1.82, 2.24) is 5.32 Å². The molecule has 0 aliphatic heterocycles. The number of aryl methyl sites for hydroxylation is 1. The lowest BCUT2D eigenvalue weighted by Crippen LogP contribution is -2.29. The molecule has 0 aliphatic rings. The Morgan fingerprint density at radius 3 is 2.47 bits per heavy atom. The van der Waals surface area contributed by atoms with E-state index in [9.17, 15) is 4.39 Å².